The van der Waals surface area contributed by atoms with Crippen LogP contribution < -0.4 is 5.73 Å². The molecule has 9 heavy (non-hydrogen) atoms. The third kappa shape index (κ3) is 0.896. The van der Waals surface area contributed by atoms with Crippen molar-refractivity contribution < 1.29 is 0 Å². The molecule has 0 aliphatic carbocycles. The van der Waals surface area contributed by atoms with Gasteiger partial charge in [0.1, 0.15) is 0 Å². The summed E-state index contributed by atoms with van der Waals surface area (Å²) < 4.78 is 1.76. The molecule has 0 saturated heterocycles. The second-order valence-electron chi connectivity index (χ2n) is 1.86. The van der Waals surface area contributed by atoms with Crippen LogP contribution in [0.15, 0.2) is 6.20 Å². The highest BCUT2D eigenvalue weighted by atomic mass is 15.3. The van der Waals surface area contributed by atoms with Crippen LogP contribution in [0, 0.1) is 6.92 Å². The molecule has 0 amide bonds. The smallest absolute Gasteiger partial charge is 0.0733 e. The standard InChI is InChI=1S/C6H10N3/c1-3-9-5(2)6(7)4-8-9/h4H,2-3,7H2,1H3. The van der Waals surface area contributed by atoms with E-state index in [4.69, 9.17) is 5.73 Å². The van der Waals surface area contributed by atoms with E-state index in [1.807, 2.05) is 6.92 Å². The summed E-state index contributed by atoms with van der Waals surface area (Å²) in [4.78, 5) is 0. The fourth-order valence-electron chi connectivity index (χ4n) is 0.698. The van der Waals surface area contributed by atoms with Crippen LogP contribution in [0.1, 0.15) is 12.6 Å². The van der Waals surface area contributed by atoms with Crippen LogP contribution in [0.3, 0.4) is 0 Å². The van der Waals surface area contributed by atoms with Crippen molar-refractivity contribution in [1.29, 1.82) is 0 Å². The average Bonchev–Trinajstić information content (AvgIpc) is 2.15. The third-order valence-electron chi connectivity index (χ3n) is 1.28. The summed E-state index contributed by atoms with van der Waals surface area (Å²) in [7, 11) is 0. The maximum Gasteiger partial charge on any atom is 0.0733 e. The molecule has 0 bridgehead atoms. The molecule has 0 aromatic carbocycles. The Morgan fingerprint density at radius 2 is 2.56 bits per heavy atom. The van der Waals surface area contributed by atoms with Crippen molar-refractivity contribution in [3.8, 4) is 0 Å². The minimum atomic E-state index is 0.664. The molecule has 1 aromatic heterocycles. The molecule has 1 rings (SSSR count). The molecule has 1 heterocycles. The number of anilines is 1. The summed E-state index contributed by atoms with van der Waals surface area (Å²) in [6.45, 7) is 6.56. The number of rotatable bonds is 1. The van der Waals surface area contributed by atoms with E-state index in [1.54, 1.807) is 10.9 Å². The van der Waals surface area contributed by atoms with E-state index in [2.05, 4.69) is 12.0 Å². The number of nitrogen functional groups attached to an aromatic ring is 1. The van der Waals surface area contributed by atoms with E-state index in [-0.39, 0.29) is 0 Å². The molecule has 0 saturated carbocycles. The minimum absolute atomic E-state index is 0.664. The van der Waals surface area contributed by atoms with Crippen LogP contribution in [0.5, 0.6) is 0 Å². The first kappa shape index (κ1) is 6.13. The van der Waals surface area contributed by atoms with Crippen molar-refractivity contribution in [1.82, 2.24) is 9.78 Å². The van der Waals surface area contributed by atoms with Gasteiger partial charge >= 0.3 is 0 Å². The maximum absolute atomic E-state index is 5.47. The van der Waals surface area contributed by atoms with Crippen LogP contribution in [0.4, 0.5) is 5.69 Å². The summed E-state index contributed by atoms with van der Waals surface area (Å²) in [5.74, 6) is 0. The average molecular weight is 124 g/mol. The van der Waals surface area contributed by atoms with Gasteiger partial charge in [-0.25, -0.2) is 0 Å². The number of nitrogens with zero attached hydrogens (tertiary/aromatic N) is 2. The predicted octanol–water partition coefficient (Wildman–Crippen LogP) is 0.667. The van der Waals surface area contributed by atoms with Crippen LogP contribution in [0.2, 0.25) is 0 Å². The lowest BCUT2D eigenvalue weighted by atomic mass is 10.4. The minimum Gasteiger partial charge on any atom is -0.396 e. The first-order valence-electron chi connectivity index (χ1n) is 2.89. The van der Waals surface area contributed by atoms with Crippen LogP contribution in [-0.4, -0.2) is 9.78 Å². The number of hydrogen-bond acceptors (Lipinski definition) is 2. The molecule has 3 nitrogen and oxygen atoms in total. The molecule has 1 radical (unpaired) electrons. The Kier molecular flexibility index (Phi) is 1.42. The Morgan fingerprint density at radius 3 is 2.78 bits per heavy atom. The van der Waals surface area contributed by atoms with Gasteiger partial charge in [0.05, 0.1) is 17.6 Å². The number of aromatic nitrogens is 2. The van der Waals surface area contributed by atoms with Gasteiger partial charge in [-0.15, -0.1) is 0 Å². The Balaban J connectivity index is 3.04. The molecular formula is C6H10N3. The Bertz CT molecular complexity index is 202. The monoisotopic (exact) mass is 124 g/mol. The van der Waals surface area contributed by atoms with Crippen molar-refractivity contribution in [3.05, 3.63) is 18.8 Å². The number of hydrogen-bond donors (Lipinski definition) is 1. The summed E-state index contributed by atoms with van der Waals surface area (Å²) in [6, 6.07) is 0. The van der Waals surface area contributed by atoms with E-state index in [1.165, 1.54) is 0 Å². The highest BCUT2D eigenvalue weighted by Crippen LogP contribution is 2.06. The van der Waals surface area contributed by atoms with Gasteiger partial charge in [0.25, 0.3) is 0 Å². The van der Waals surface area contributed by atoms with E-state index >= 15 is 0 Å². The van der Waals surface area contributed by atoms with Gasteiger partial charge < -0.3 is 5.73 Å². The van der Waals surface area contributed by atoms with Gasteiger partial charge in [0, 0.05) is 6.54 Å². The van der Waals surface area contributed by atoms with Crippen molar-refractivity contribution >= 4 is 5.69 Å². The van der Waals surface area contributed by atoms with Gasteiger partial charge in [-0.3, -0.25) is 4.68 Å². The second kappa shape index (κ2) is 2.09. The predicted molar refractivity (Wildman–Crippen MR) is 36.8 cm³/mol. The third-order valence-corrected chi connectivity index (χ3v) is 1.28. The van der Waals surface area contributed by atoms with E-state index in [0.717, 1.165) is 12.2 Å². The molecular weight excluding hydrogens is 114 g/mol. The largest absolute Gasteiger partial charge is 0.396 e. The Labute approximate surface area is 54.5 Å². The van der Waals surface area contributed by atoms with Crippen LogP contribution >= 0.6 is 0 Å². The molecule has 3 heteroatoms. The van der Waals surface area contributed by atoms with Crippen LogP contribution in [-0.2, 0) is 6.54 Å². The van der Waals surface area contributed by atoms with Crippen molar-refractivity contribution in [2.24, 2.45) is 0 Å². The van der Waals surface area contributed by atoms with Gasteiger partial charge in [-0.1, -0.05) is 0 Å². The number of aryl methyl sites for hydroxylation is 1. The quantitative estimate of drug-likeness (QED) is 0.598. The summed E-state index contributed by atoms with van der Waals surface area (Å²) >= 11 is 0. The topological polar surface area (TPSA) is 43.8 Å². The van der Waals surface area contributed by atoms with Crippen molar-refractivity contribution in [3.63, 3.8) is 0 Å². The van der Waals surface area contributed by atoms with Gasteiger partial charge in [-0.05, 0) is 13.8 Å². The molecule has 0 spiro atoms. The molecule has 0 atom stereocenters. The Hall–Kier alpha value is -0.990. The zero-order valence-electron chi connectivity index (χ0n) is 5.46. The normalized spacial score (nSPS) is 10.0. The fraction of sp³-hybridized carbons (Fsp3) is 0.333. The molecule has 1 aromatic rings. The molecule has 0 aliphatic heterocycles. The lowest BCUT2D eigenvalue weighted by Gasteiger charge is -1.96. The molecule has 49 valence electrons. The lowest BCUT2D eigenvalue weighted by molar-refractivity contribution is 0.649. The zero-order chi connectivity index (χ0) is 6.85. The summed E-state index contributed by atoms with van der Waals surface area (Å²) in [5, 5.41) is 3.96. The highest BCUT2D eigenvalue weighted by molar-refractivity contribution is 5.42. The van der Waals surface area contributed by atoms with E-state index < -0.39 is 0 Å². The van der Waals surface area contributed by atoms with E-state index in [9.17, 15) is 0 Å². The first-order chi connectivity index (χ1) is 4.25. The van der Waals surface area contributed by atoms with Crippen molar-refractivity contribution in [2.45, 2.75) is 13.5 Å². The Morgan fingerprint density at radius 1 is 1.89 bits per heavy atom. The molecule has 0 aliphatic rings. The van der Waals surface area contributed by atoms with Gasteiger partial charge in [-0.2, -0.15) is 5.10 Å². The van der Waals surface area contributed by atoms with Crippen LogP contribution in [0.25, 0.3) is 0 Å². The lowest BCUT2D eigenvalue weighted by Crippen LogP contribution is -1.98. The first-order valence-corrected chi connectivity index (χ1v) is 2.89. The zero-order valence-corrected chi connectivity index (χ0v) is 5.46. The maximum atomic E-state index is 5.47. The van der Waals surface area contributed by atoms with Crippen molar-refractivity contribution in [2.75, 3.05) is 5.73 Å². The molecule has 0 fully saturated rings. The van der Waals surface area contributed by atoms with E-state index in [0.29, 0.717) is 5.69 Å². The molecule has 0 unspecified atom stereocenters. The SMILES string of the molecule is [CH2]c1c(N)cnn1CC. The fourth-order valence-corrected chi connectivity index (χ4v) is 0.698. The summed E-state index contributed by atoms with van der Waals surface area (Å²) in [6.07, 6.45) is 1.62. The number of nitrogens with two attached hydrogens (primary N) is 1. The molecule has 2 N–H and O–H groups in total. The second-order valence-corrected chi connectivity index (χ2v) is 1.86. The van der Waals surface area contributed by atoms with Gasteiger partial charge in [0.15, 0.2) is 0 Å². The summed E-state index contributed by atoms with van der Waals surface area (Å²) in [5.41, 5.74) is 6.94. The highest BCUT2D eigenvalue weighted by Gasteiger charge is 1.98. The van der Waals surface area contributed by atoms with Gasteiger partial charge in [0.2, 0.25) is 0 Å².